The molecule has 6 nitrogen and oxygen atoms in total. The molecule has 0 aromatic carbocycles. The highest BCUT2D eigenvalue weighted by atomic mass is 15.3. The minimum absolute atomic E-state index is 0.394. The van der Waals surface area contributed by atoms with Gasteiger partial charge < -0.3 is 4.90 Å². The summed E-state index contributed by atoms with van der Waals surface area (Å²) in [6.07, 6.45) is 9.74. The molecule has 0 bridgehead atoms. The standard InChI is InChI=1S/C18H20N6/c1-14-11-17(22-18(21-14)15-5-2-7-19-12-15)23-9-3-6-16(13-23)24-10-4-8-20-24/h2,4-5,7-8,10-12,16H,3,6,9,13H2,1H3. The second-order valence-electron chi connectivity index (χ2n) is 6.16. The van der Waals surface area contributed by atoms with Crippen molar-refractivity contribution in [3.63, 3.8) is 0 Å². The predicted octanol–water partition coefficient (Wildman–Crippen LogP) is 2.89. The van der Waals surface area contributed by atoms with Gasteiger partial charge in [0.05, 0.1) is 6.04 Å². The first-order valence-electron chi connectivity index (χ1n) is 8.30. The van der Waals surface area contributed by atoms with E-state index in [4.69, 9.17) is 4.98 Å². The largest absolute Gasteiger partial charge is 0.354 e. The van der Waals surface area contributed by atoms with Crippen molar-refractivity contribution >= 4 is 5.82 Å². The summed E-state index contributed by atoms with van der Waals surface area (Å²) in [6.45, 7) is 3.95. The van der Waals surface area contributed by atoms with Crippen LogP contribution >= 0.6 is 0 Å². The molecule has 0 saturated carbocycles. The highest BCUT2D eigenvalue weighted by Crippen LogP contribution is 2.26. The molecule has 1 unspecified atom stereocenters. The van der Waals surface area contributed by atoms with Crippen molar-refractivity contribution in [2.45, 2.75) is 25.8 Å². The molecule has 0 amide bonds. The predicted molar refractivity (Wildman–Crippen MR) is 92.7 cm³/mol. The van der Waals surface area contributed by atoms with Gasteiger partial charge in [0.15, 0.2) is 5.82 Å². The van der Waals surface area contributed by atoms with Crippen molar-refractivity contribution < 1.29 is 0 Å². The van der Waals surface area contributed by atoms with E-state index in [1.165, 1.54) is 0 Å². The zero-order chi connectivity index (χ0) is 16.4. The van der Waals surface area contributed by atoms with Gasteiger partial charge in [-0.05, 0) is 38.0 Å². The second kappa shape index (κ2) is 6.39. The molecular formula is C18H20N6. The van der Waals surface area contributed by atoms with Gasteiger partial charge >= 0.3 is 0 Å². The first kappa shape index (κ1) is 14.8. The van der Waals surface area contributed by atoms with Crippen LogP contribution in [0.4, 0.5) is 5.82 Å². The number of anilines is 1. The zero-order valence-electron chi connectivity index (χ0n) is 13.7. The number of hydrogen-bond donors (Lipinski definition) is 0. The first-order valence-corrected chi connectivity index (χ1v) is 8.30. The maximum Gasteiger partial charge on any atom is 0.163 e. The normalized spacial score (nSPS) is 17.9. The summed E-state index contributed by atoms with van der Waals surface area (Å²) < 4.78 is 2.06. The van der Waals surface area contributed by atoms with Gasteiger partial charge in [-0.2, -0.15) is 5.10 Å². The van der Waals surface area contributed by atoms with Gasteiger partial charge in [0.2, 0.25) is 0 Å². The molecule has 0 aliphatic carbocycles. The average molecular weight is 320 g/mol. The van der Waals surface area contributed by atoms with Crippen molar-refractivity contribution in [3.8, 4) is 11.4 Å². The fourth-order valence-electron chi connectivity index (χ4n) is 3.21. The molecule has 1 aliphatic heterocycles. The van der Waals surface area contributed by atoms with Crippen LogP contribution in [0.3, 0.4) is 0 Å². The van der Waals surface area contributed by atoms with E-state index >= 15 is 0 Å². The lowest BCUT2D eigenvalue weighted by atomic mass is 10.1. The minimum Gasteiger partial charge on any atom is -0.354 e. The van der Waals surface area contributed by atoms with Crippen LogP contribution in [0, 0.1) is 6.92 Å². The van der Waals surface area contributed by atoms with Gasteiger partial charge in [-0.3, -0.25) is 9.67 Å². The minimum atomic E-state index is 0.394. The molecule has 4 rings (SSSR count). The Morgan fingerprint density at radius 3 is 2.92 bits per heavy atom. The van der Waals surface area contributed by atoms with Crippen molar-refractivity contribution in [2.24, 2.45) is 0 Å². The van der Waals surface area contributed by atoms with E-state index in [0.29, 0.717) is 6.04 Å². The molecule has 6 heteroatoms. The summed E-state index contributed by atoms with van der Waals surface area (Å²) >= 11 is 0. The lowest BCUT2D eigenvalue weighted by molar-refractivity contribution is 0.375. The lowest BCUT2D eigenvalue weighted by Gasteiger charge is -2.33. The van der Waals surface area contributed by atoms with E-state index in [9.17, 15) is 0 Å². The average Bonchev–Trinajstić information content (AvgIpc) is 3.17. The summed E-state index contributed by atoms with van der Waals surface area (Å²) in [7, 11) is 0. The van der Waals surface area contributed by atoms with Gasteiger partial charge in [-0.25, -0.2) is 9.97 Å². The summed E-state index contributed by atoms with van der Waals surface area (Å²) in [6, 6.07) is 8.34. The fourth-order valence-corrected chi connectivity index (χ4v) is 3.21. The molecule has 0 radical (unpaired) electrons. The molecule has 1 fully saturated rings. The van der Waals surface area contributed by atoms with E-state index < -0.39 is 0 Å². The van der Waals surface area contributed by atoms with Crippen molar-refractivity contribution in [1.29, 1.82) is 0 Å². The summed E-state index contributed by atoms with van der Waals surface area (Å²) in [4.78, 5) is 15.9. The SMILES string of the molecule is Cc1cc(N2CCCC(n3cccn3)C2)nc(-c2cccnc2)n1. The molecule has 1 saturated heterocycles. The molecule has 3 aromatic rings. The lowest BCUT2D eigenvalue weighted by Crippen LogP contribution is -2.37. The van der Waals surface area contributed by atoms with E-state index in [1.807, 2.05) is 37.5 Å². The van der Waals surface area contributed by atoms with Crippen LogP contribution in [0.2, 0.25) is 0 Å². The maximum absolute atomic E-state index is 4.79. The van der Waals surface area contributed by atoms with Crippen LogP contribution < -0.4 is 4.90 Å². The van der Waals surface area contributed by atoms with E-state index in [-0.39, 0.29) is 0 Å². The molecule has 4 heterocycles. The van der Waals surface area contributed by atoms with E-state index in [0.717, 1.165) is 48.8 Å². The number of rotatable bonds is 3. The Balaban J connectivity index is 1.63. The molecule has 3 aromatic heterocycles. The summed E-state index contributed by atoms with van der Waals surface area (Å²) in [5.41, 5.74) is 1.92. The number of aromatic nitrogens is 5. The van der Waals surface area contributed by atoms with Crippen molar-refractivity contribution in [1.82, 2.24) is 24.7 Å². The van der Waals surface area contributed by atoms with E-state index in [2.05, 4.69) is 30.7 Å². The number of nitrogens with zero attached hydrogens (tertiary/aromatic N) is 6. The molecule has 0 N–H and O–H groups in total. The molecule has 1 atom stereocenters. The van der Waals surface area contributed by atoms with Crippen molar-refractivity contribution in [2.75, 3.05) is 18.0 Å². The molecule has 122 valence electrons. The third-order valence-electron chi connectivity index (χ3n) is 4.38. The Kier molecular flexibility index (Phi) is 3.94. The quantitative estimate of drug-likeness (QED) is 0.742. The molecular weight excluding hydrogens is 300 g/mol. The van der Waals surface area contributed by atoms with Crippen LogP contribution in [0.1, 0.15) is 24.6 Å². The Bertz CT molecular complexity index is 800. The second-order valence-corrected chi connectivity index (χ2v) is 6.16. The highest BCUT2D eigenvalue weighted by molar-refractivity contribution is 5.56. The van der Waals surface area contributed by atoms with Crippen LogP contribution in [0.25, 0.3) is 11.4 Å². The van der Waals surface area contributed by atoms with Crippen LogP contribution in [-0.2, 0) is 0 Å². The Morgan fingerprint density at radius 1 is 1.17 bits per heavy atom. The van der Waals surface area contributed by atoms with Gasteiger partial charge in [-0.15, -0.1) is 0 Å². The van der Waals surface area contributed by atoms with Gasteiger partial charge in [0.25, 0.3) is 0 Å². The molecule has 1 aliphatic rings. The van der Waals surface area contributed by atoms with Crippen LogP contribution in [-0.4, -0.2) is 37.8 Å². The number of hydrogen-bond acceptors (Lipinski definition) is 5. The molecule has 0 spiro atoms. The summed E-state index contributed by atoms with van der Waals surface area (Å²) in [5, 5.41) is 4.40. The third kappa shape index (κ3) is 2.99. The Hall–Kier alpha value is -2.76. The summed E-state index contributed by atoms with van der Waals surface area (Å²) in [5.74, 6) is 1.72. The first-order chi connectivity index (χ1) is 11.8. The Labute approximate surface area is 141 Å². The zero-order valence-corrected chi connectivity index (χ0v) is 13.7. The van der Waals surface area contributed by atoms with Crippen molar-refractivity contribution in [3.05, 3.63) is 54.7 Å². The van der Waals surface area contributed by atoms with Gasteiger partial charge in [-0.1, -0.05) is 0 Å². The van der Waals surface area contributed by atoms with Gasteiger partial charge in [0, 0.05) is 55.2 Å². The third-order valence-corrected chi connectivity index (χ3v) is 4.38. The fraction of sp³-hybridized carbons (Fsp3) is 0.333. The maximum atomic E-state index is 4.79. The number of piperidine rings is 1. The van der Waals surface area contributed by atoms with E-state index in [1.54, 1.807) is 12.4 Å². The highest BCUT2D eigenvalue weighted by Gasteiger charge is 2.23. The Morgan fingerprint density at radius 2 is 2.12 bits per heavy atom. The van der Waals surface area contributed by atoms with Crippen LogP contribution in [0.5, 0.6) is 0 Å². The number of aryl methyl sites for hydroxylation is 1. The number of pyridine rings is 1. The van der Waals surface area contributed by atoms with Gasteiger partial charge in [0.1, 0.15) is 5.82 Å². The molecule has 24 heavy (non-hydrogen) atoms. The topological polar surface area (TPSA) is 59.7 Å². The monoisotopic (exact) mass is 320 g/mol. The van der Waals surface area contributed by atoms with Crippen LogP contribution in [0.15, 0.2) is 49.1 Å². The smallest absolute Gasteiger partial charge is 0.163 e.